The molecule has 0 saturated carbocycles. The van der Waals surface area contributed by atoms with E-state index < -0.39 is 47.7 Å². The molecule has 0 fully saturated rings. The minimum absolute atomic E-state index is 0.00509. The maximum Gasteiger partial charge on any atom is 0.514 e. The molecule has 0 amide bonds. The Morgan fingerprint density at radius 2 is 1.30 bits per heavy atom. The van der Waals surface area contributed by atoms with Crippen molar-refractivity contribution in [1.82, 2.24) is 0 Å². The molecule has 4 atom stereocenters. The highest BCUT2D eigenvalue weighted by Crippen LogP contribution is 2.31. The van der Waals surface area contributed by atoms with Crippen molar-refractivity contribution in [2.75, 3.05) is 0 Å². The summed E-state index contributed by atoms with van der Waals surface area (Å²) in [5.41, 5.74) is 4.93. The Bertz CT molecular complexity index is 1020. The summed E-state index contributed by atoms with van der Waals surface area (Å²) in [6.07, 6.45) is -2.27. The van der Waals surface area contributed by atoms with E-state index in [1.165, 1.54) is 12.1 Å². The smallest absolute Gasteiger partial charge is 0.459 e. The molecule has 11 heteroatoms. The van der Waals surface area contributed by atoms with Gasteiger partial charge in [0.2, 0.25) is 0 Å². The molecule has 2 N–H and O–H groups in total. The van der Waals surface area contributed by atoms with Crippen LogP contribution in [0.4, 0.5) is 9.59 Å². The third-order valence-corrected chi connectivity index (χ3v) is 5.42. The largest absolute Gasteiger partial charge is 0.514 e. The molecule has 11 nitrogen and oxygen atoms in total. The molecule has 1 aromatic carbocycles. The standard InChI is InChI=1S/C29H45NO10/c1-11-17(2)14-24(31)35-18(3)19(4)36-25(32)21(30)15-20-12-13-22(37-26(33)39-28(5,6)7)23(16-20)38-27(34)40-29(8,9)10/h12-13,16-19,21H,11,14-15,30H2,1-10H3/t17?,18-,19-,21-/m0/s1. The van der Waals surface area contributed by atoms with Crippen molar-refractivity contribution in [3.05, 3.63) is 23.8 Å². The lowest BCUT2D eigenvalue weighted by Crippen LogP contribution is -2.39. The van der Waals surface area contributed by atoms with Gasteiger partial charge in [-0.3, -0.25) is 9.59 Å². The summed E-state index contributed by atoms with van der Waals surface area (Å²) in [6, 6.07) is 3.26. The van der Waals surface area contributed by atoms with Crippen molar-refractivity contribution in [3.8, 4) is 11.5 Å². The Kier molecular flexibility index (Phi) is 12.9. The van der Waals surface area contributed by atoms with Gasteiger partial charge in [0.05, 0.1) is 0 Å². The van der Waals surface area contributed by atoms with Gasteiger partial charge in [-0.15, -0.1) is 0 Å². The maximum absolute atomic E-state index is 12.7. The van der Waals surface area contributed by atoms with E-state index in [1.807, 2.05) is 13.8 Å². The van der Waals surface area contributed by atoms with Gasteiger partial charge in [0.15, 0.2) is 11.5 Å². The first-order chi connectivity index (χ1) is 18.3. The Balaban J connectivity index is 2.96. The summed E-state index contributed by atoms with van der Waals surface area (Å²) in [4.78, 5) is 49.3. The quantitative estimate of drug-likeness (QED) is 0.206. The van der Waals surface area contributed by atoms with Crippen LogP contribution < -0.4 is 15.2 Å². The third-order valence-electron chi connectivity index (χ3n) is 5.42. The van der Waals surface area contributed by atoms with Crippen molar-refractivity contribution in [2.24, 2.45) is 11.7 Å². The van der Waals surface area contributed by atoms with Crippen molar-refractivity contribution >= 4 is 24.2 Å². The number of hydrogen-bond acceptors (Lipinski definition) is 11. The van der Waals surface area contributed by atoms with Gasteiger partial charge in [-0.1, -0.05) is 26.3 Å². The second kappa shape index (κ2) is 14.9. The summed E-state index contributed by atoms with van der Waals surface area (Å²) >= 11 is 0. The van der Waals surface area contributed by atoms with Crippen LogP contribution in [-0.2, 0) is 35.0 Å². The van der Waals surface area contributed by atoms with E-state index in [-0.39, 0.29) is 36.2 Å². The van der Waals surface area contributed by atoms with Crippen LogP contribution in [0.5, 0.6) is 11.5 Å². The summed E-state index contributed by atoms with van der Waals surface area (Å²) < 4.78 is 31.7. The predicted molar refractivity (Wildman–Crippen MR) is 147 cm³/mol. The number of esters is 2. The monoisotopic (exact) mass is 567 g/mol. The maximum atomic E-state index is 12.7. The highest BCUT2D eigenvalue weighted by molar-refractivity contribution is 5.76. The third kappa shape index (κ3) is 13.6. The van der Waals surface area contributed by atoms with Crippen molar-refractivity contribution < 1.29 is 47.6 Å². The molecule has 1 aromatic rings. The van der Waals surface area contributed by atoms with Crippen molar-refractivity contribution in [2.45, 2.75) is 118 Å². The Labute approximate surface area is 236 Å². The van der Waals surface area contributed by atoms with Gasteiger partial charge in [-0.2, -0.15) is 0 Å². The van der Waals surface area contributed by atoms with E-state index in [9.17, 15) is 19.2 Å². The van der Waals surface area contributed by atoms with Crippen LogP contribution in [0.1, 0.15) is 87.6 Å². The minimum Gasteiger partial charge on any atom is -0.459 e. The topological polar surface area (TPSA) is 150 Å². The van der Waals surface area contributed by atoms with Crippen LogP contribution in [0.15, 0.2) is 18.2 Å². The summed E-state index contributed by atoms with van der Waals surface area (Å²) in [6.45, 7) is 17.2. The molecule has 0 aromatic heterocycles. The molecular formula is C29H45NO10. The summed E-state index contributed by atoms with van der Waals surface area (Å²) in [5, 5.41) is 0. The molecule has 0 aliphatic rings. The number of carbonyl (C=O) groups excluding carboxylic acids is 4. The highest BCUT2D eigenvalue weighted by atomic mass is 16.8. The SMILES string of the molecule is CCC(C)CC(=O)O[C@@H](C)[C@H](C)OC(=O)[C@@H](N)Cc1ccc(OC(=O)OC(C)(C)C)c(OC(=O)OC(C)(C)C)c1. The lowest BCUT2D eigenvalue weighted by molar-refractivity contribution is -0.166. The van der Waals surface area contributed by atoms with Gasteiger partial charge >= 0.3 is 24.2 Å². The number of benzene rings is 1. The molecule has 0 radical (unpaired) electrons. The first kappa shape index (κ1) is 34.7. The minimum atomic E-state index is -1.09. The number of hydrogen-bond donors (Lipinski definition) is 1. The van der Waals surface area contributed by atoms with E-state index in [0.29, 0.717) is 5.56 Å². The molecule has 0 saturated heterocycles. The lowest BCUT2D eigenvalue weighted by atomic mass is 10.1. The van der Waals surface area contributed by atoms with Gasteiger partial charge in [0, 0.05) is 6.42 Å². The number of nitrogens with two attached hydrogens (primary N) is 1. The number of carbonyl (C=O) groups is 4. The molecular weight excluding hydrogens is 522 g/mol. The average Bonchev–Trinajstić information content (AvgIpc) is 2.77. The molecule has 0 bridgehead atoms. The fourth-order valence-corrected chi connectivity index (χ4v) is 3.05. The van der Waals surface area contributed by atoms with E-state index in [1.54, 1.807) is 61.5 Å². The Morgan fingerprint density at radius 1 is 0.800 bits per heavy atom. The molecule has 0 spiro atoms. The summed E-state index contributed by atoms with van der Waals surface area (Å²) in [5.74, 6) is -1.10. The van der Waals surface area contributed by atoms with Gasteiger partial charge in [0.25, 0.3) is 0 Å². The fraction of sp³-hybridized carbons (Fsp3) is 0.655. The Morgan fingerprint density at radius 3 is 1.80 bits per heavy atom. The lowest BCUT2D eigenvalue weighted by Gasteiger charge is -2.23. The van der Waals surface area contributed by atoms with Crippen LogP contribution in [0.3, 0.4) is 0 Å². The van der Waals surface area contributed by atoms with Crippen LogP contribution in [0.2, 0.25) is 0 Å². The average molecular weight is 568 g/mol. The molecule has 0 aliphatic carbocycles. The molecule has 226 valence electrons. The molecule has 1 rings (SSSR count). The van der Waals surface area contributed by atoms with Crippen LogP contribution in [0, 0.1) is 5.92 Å². The molecule has 0 aliphatic heterocycles. The van der Waals surface area contributed by atoms with Crippen LogP contribution >= 0.6 is 0 Å². The highest BCUT2D eigenvalue weighted by Gasteiger charge is 2.27. The first-order valence-electron chi connectivity index (χ1n) is 13.4. The van der Waals surface area contributed by atoms with Gasteiger partial charge < -0.3 is 34.2 Å². The number of rotatable bonds is 11. The number of ether oxygens (including phenoxy) is 6. The zero-order valence-corrected chi connectivity index (χ0v) is 25.3. The van der Waals surface area contributed by atoms with E-state index in [4.69, 9.17) is 34.2 Å². The molecule has 40 heavy (non-hydrogen) atoms. The zero-order chi connectivity index (χ0) is 30.8. The Hall–Kier alpha value is -3.34. The van der Waals surface area contributed by atoms with Crippen LogP contribution in [-0.4, -0.2) is 53.7 Å². The van der Waals surface area contributed by atoms with E-state index >= 15 is 0 Å². The predicted octanol–water partition coefficient (Wildman–Crippen LogP) is 5.48. The van der Waals surface area contributed by atoms with Gasteiger partial charge in [-0.25, -0.2) is 9.59 Å². The van der Waals surface area contributed by atoms with Crippen molar-refractivity contribution in [1.29, 1.82) is 0 Å². The first-order valence-corrected chi connectivity index (χ1v) is 13.4. The fourth-order valence-electron chi connectivity index (χ4n) is 3.05. The van der Waals surface area contributed by atoms with E-state index in [2.05, 4.69) is 0 Å². The van der Waals surface area contributed by atoms with Gasteiger partial charge in [-0.05, 0) is 85.4 Å². The van der Waals surface area contributed by atoms with E-state index in [0.717, 1.165) is 6.42 Å². The zero-order valence-electron chi connectivity index (χ0n) is 25.3. The molecule has 1 unspecified atom stereocenters. The van der Waals surface area contributed by atoms with Gasteiger partial charge in [0.1, 0.15) is 29.5 Å². The second-order valence-electron chi connectivity index (χ2n) is 11.8. The normalized spacial score (nSPS) is 14.7. The van der Waals surface area contributed by atoms with Crippen LogP contribution in [0.25, 0.3) is 0 Å². The molecule has 0 heterocycles. The van der Waals surface area contributed by atoms with Crippen molar-refractivity contribution in [3.63, 3.8) is 0 Å². The second-order valence-corrected chi connectivity index (χ2v) is 11.8. The summed E-state index contributed by atoms with van der Waals surface area (Å²) in [7, 11) is 0.